The molecule has 2 aromatic rings. The smallest absolute Gasteiger partial charge is 0.340 e. The maximum absolute atomic E-state index is 11.5. The van der Waals surface area contributed by atoms with E-state index in [2.05, 4.69) is 10.1 Å². The molecule has 82 valence electrons. The molecule has 2 heterocycles. The monoisotopic (exact) mass is 218 g/mol. The Morgan fingerprint density at radius 3 is 3.06 bits per heavy atom. The molecule has 0 bridgehead atoms. The molecule has 5 heteroatoms. The highest BCUT2D eigenvalue weighted by Gasteiger charge is 2.08. The minimum Gasteiger partial charge on any atom is -0.455 e. The second-order valence-corrected chi connectivity index (χ2v) is 3.25. The zero-order valence-electron chi connectivity index (χ0n) is 8.71. The Morgan fingerprint density at radius 1 is 1.56 bits per heavy atom. The van der Waals surface area contributed by atoms with E-state index in [9.17, 15) is 4.79 Å². The number of nitrogens with zero attached hydrogens (tertiary/aromatic N) is 2. The van der Waals surface area contributed by atoms with Crippen LogP contribution in [0.1, 0.15) is 21.8 Å². The molecule has 0 aliphatic carbocycles. The summed E-state index contributed by atoms with van der Waals surface area (Å²) in [6, 6.07) is 5.04. The standard InChI is InChI=1S/C11H10N2O3/c1-8-5-10(13-16-8)7-15-11(14)9-3-2-4-12-6-9/h2-6H,7H2,1H3. The first-order valence-electron chi connectivity index (χ1n) is 4.75. The zero-order valence-corrected chi connectivity index (χ0v) is 8.71. The summed E-state index contributed by atoms with van der Waals surface area (Å²) in [6.45, 7) is 1.88. The van der Waals surface area contributed by atoms with Gasteiger partial charge in [0.05, 0.1) is 5.56 Å². The molecule has 0 aliphatic rings. The molecule has 0 radical (unpaired) electrons. The summed E-state index contributed by atoms with van der Waals surface area (Å²) < 4.78 is 9.87. The molecule has 0 fully saturated rings. The largest absolute Gasteiger partial charge is 0.455 e. The summed E-state index contributed by atoms with van der Waals surface area (Å²) in [4.78, 5) is 15.3. The van der Waals surface area contributed by atoms with Gasteiger partial charge in [0.1, 0.15) is 18.1 Å². The first kappa shape index (κ1) is 10.4. The summed E-state index contributed by atoms with van der Waals surface area (Å²) in [5, 5.41) is 3.71. The number of carbonyl (C=O) groups is 1. The van der Waals surface area contributed by atoms with E-state index in [1.807, 2.05) is 0 Å². The Hall–Kier alpha value is -2.17. The van der Waals surface area contributed by atoms with Crippen molar-refractivity contribution in [2.75, 3.05) is 0 Å². The molecule has 0 saturated heterocycles. The predicted octanol–water partition coefficient (Wildman–Crippen LogP) is 1.74. The van der Waals surface area contributed by atoms with Gasteiger partial charge in [-0.2, -0.15) is 0 Å². The Kier molecular flexibility index (Phi) is 2.95. The molecule has 0 saturated carbocycles. The lowest BCUT2D eigenvalue weighted by Crippen LogP contribution is -2.05. The molecule has 0 aromatic carbocycles. The van der Waals surface area contributed by atoms with Crippen LogP contribution in [-0.2, 0) is 11.3 Å². The van der Waals surface area contributed by atoms with Crippen LogP contribution in [0.15, 0.2) is 35.1 Å². The van der Waals surface area contributed by atoms with Crippen molar-refractivity contribution < 1.29 is 14.1 Å². The van der Waals surface area contributed by atoms with Crippen molar-refractivity contribution in [2.45, 2.75) is 13.5 Å². The Balaban J connectivity index is 1.94. The van der Waals surface area contributed by atoms with E-state index in [1.54, 1.807) is 31.3 Å². The van der Waals surface area contributed by atoms with Crippen molar-refractivity contribution in [1.82, 2.24) is 10.1 Å². The highest BCUT2D eigenvalue weighted by atomic mass is 16.5. The van der Waals surface area contributed by atoms with Crippen molar-refractivity contribution >= 4 is 5.97 Å². The lowest BCUT2D eigenvalue weighted by atomic mass is 10.3. The van der Waals surface area contributed by atoms with E-state index in [-0.39, 0.29) is 6.61 Å². The van der Waals surface area contributed by atoms with Gasteiger partial charge in [0.25, 0.3) is 0 Å². The number of ether oxygens (including phenoxy) is 1. The van der Waals surface area contributed by atoms with Gasteiger partial charge in [-0.15, -0.1) is 0 Å². The quantitative estimate of drug-likeness (QED) is 0.734. The van der Waals surface area contributed by atoms with Crippen LogP contribution in [0.2, 0.25) is 0 Å². The second-order valence-electron chi connectivity index (χ2n) is 3.25. The topological polar surface area (TPSA) is 65.2 Å². The summed E-state index contributed by atoms with van der Waals surface area (Å²) in [5.41, 5.74) is 1.01. The molecule has 2 rings (SSSR count). The lowest BCUT2D eigenvalue weighted by Gasteiger charge is -2.00. The highest BCUT2D eigenvalue weighted by molar-refractivity contribution is 5.88. The van der Waals surface area contributed by atoms with Gasteiger partial charge in [-0.1, -0.05) is 5.16 Å². The van der Waals surface area contributed by atoms with Crippen LogP contribution in [-0.4, -0.2) is 16.1 Å². The molecule has 16 heavy (non-hydrogen) atoms. The fourth-order valence-corrected chi connectivity index (χ4v) is 1.19. The van der Waals surface area contributed by atoms with E-state index in [0.29, 0.717) is 17.0 Å². The van der Waals surface area contributed by atoms with Gasteiger partial charge in [0.15, 0.2) is 0 Å². The Labute approximate surface area is 92.0 Å². The first-order valence-corrected chi connectivity index (χ1v) is 4.75. The summed E-state index contributed by atoms with van der Waals surface area (Å²) in [6.07, 6.45) is 3.05. The summed E-state index contributed by atoms with van der Waals surface area (Å²) >= 11 is 0. The van der Waals surface area contributed by atoms with Crippen LogP contribution in [0.3, 0.4) is 0 Å². The van der Waals surface area contributed by atoms with Gasteiger partial charge in [0, 0.05) is 18.5 Å². The summed E-state index contributed by atoms with van der Waals surface area (Å²) in [5.74, 6) is 0.265. The molecular weight excluding hydrogens is 208 g/mol. The first-order chi connectivity index (χ1) is 7.75. The molecule has 2 aromatic heterocycles. The molecule has 0 N–H and O–H groups in total. The van der Waals surface area contributed by atoms with Crippen molar-refractivity contribution in [3.8, 4) is 0 Å². The van der Waals surface area contributed by atoms with Crippen LogP contribution < -0.4 is 0 Å². The molecule has 0 amide bonds. The molecular formula is C11H10N2O3. The summed E-state index contributed by atoms with van der Waals surface area (Å²) in [7, 11) is 0. The normalized spacial score (nSPS) is 10.1. The van der Waals surface area contributed by atoms with Gasteiger partial charge in [-0.3, -0.25) is 4.98 Å². The second kappa shape index (κ2) is 4.57. The Bertz CT molecular complexity index is 479. The number of pyridine rings is 1. The van der Waals surface area contributed by atoms with Gasteiger partial charge in [0.2, 0.25) is 0 Å². The minimum atomic E-state index is -0.422. The number of carbonyl (C=O) groups excluding carboxylic acids is 1. The van der Waals surface area contributed by atoms with Crippen LogP contribution >= 0.6 is 0 Å². The van der Waals surface area contributed by atoms with Crippen molar-refractivity contribution in [3.05, 3.63) is 47.6 Å². The van der Waals surface area contributed by atoms with Gasteiger partial charge >= 0.3 is 5.97 Å². The van der Waals surface area contributed by atoms with E-state index in [0.717, 1.165) is 0 Å². The molecule has 5 nitrogen and oxygen atoms in total. The number of hydrogen-bond acceptors (Lipinski definition) is 5. The molecule has 0 unspecified atom stereocenters. The van der Waals surface area contributed by atoms with Crippen LogP contribution in [0.5, 0.6) is 0 Å². The minimum absolute atomic E-state index is 0.102. The zero-order chi connectivity index (χ0) is 11.4. The third-order valence-electron chi connectivity index (χ3n) is 1.93. The molecule has 0 atom stereocenters. The lowest BCUT2D eigenvalue weighted by molar-refractivity contribution is 0.0464. The average molecular weight is 218 g/mol. The number of esters is 1. The number of hydrogen-bond donors (Lipinski definition) is 0. The van der Waals surface area contributed by atoms with E-state index in [4.69, 9.17) is 9.26 Å². The van der Waals surface area contributed by atoms with Crippen molar-refractivity contribution in [2.24, 2.45) is 0 Å². The predicted molar refractivity (Wildman–Crippen MR) is 54.6 cm³/mol. The van der Waals surface area contributed by atoms with E-state index < -0.39 is 5.97 Å². The number of aromatic nitrogens is 2. The van der Waals surface area contributed by atoms with Gasteiger partial charge < -0.3 is 9.26 Å². The molecule has 0 spiro atoms. The fourth-order valence-electron chi connectivity index (χ4n) is 1.19. The maximum Gasteiger partial charge on any atom is 0.340 e. The number of rotatable bonds is 3. The third-order valence-corrected chi connectivity index (χ3v) is 1.93. The van der Waals surface area contributed by atoms with Gasteiger partial charge in [-0.25, -0.2) is 4.79 Å². The van der Waals surface area contributed by atoms with Crippen LogP contribution in [0.4, 0.5) is 0 Å². The highest BCUT2D eigenvalue weighted by Crippen LogP contribution is 2.05. The van der Waals surface area contributed by atoms with Crippen molar-refractivity contribution in [3.63, 3.8) is 0 Å². The van der Waals surface area contributed by atoms with Crippen molar-refractivity contribution in [1.29, 1.82) is 0 Å². The third kappa shape index (κ3) is 2.44. The van der Waals surface area contributed by atoms with E-state index >= 15 is 0 Å². The molecule has 0 aliphatic heterocycles. The number of aryl methyl sites for hydroxylation is 1. The van der Waals surface area contributed by atoms with Crippen LogP contribution in [0.25, 0.3) is 0 Å². The van der Waals surface area contributed by atoms with Crippen LogP contribution in [0, 0.1) is 6.92 Å². The SMILES string of the molecule is Cc1cc(COC(=O)c2cccnc2)no1. The maximum atomic E-state index is 11.5. The van der Waals surface area contributed by atoms with E-state index in [1.165, 1.54) is 6.20 Å². The van der Waals surface area contributed by atoms with Gasteiger partial charge in [-0.05, 0) is 19.1 Å². The Morgan fingerprint density at radius 2 is 2.44 bits per heavy atom. The fraction of sp³-hybridized carbons (Fsp3) is 0.182. The average Bonchev–Trinajstić information content (AvgIpc) is 2.73.